The van der Waals surface area contributed by atoms with Gasteiger partial charge in [0, 0.05) is 6.54 Å². The lowest BCUT2D eigenvalue weighted by atomic mass is 9.97. The van der Waals surface area contributed by atoms with Gasteiger partial charge in [-0.1, -0.05) is 20.8 Å². The first-order chi connectivity index (χ1) is 5.40. The third-order valence-corrected chi connectivity index (χ3v) is 1.80. The Balaban J connectivity index is 2.88. The highest BCUT2D eigenvalue weighted by molar-refractivity contribution is 6.28. The SMILES string of the molecule is Cc1nnc(Cl)n1CC(C)(C)C. The molecule has 4 heteroatoms. The quantitative estimate of drug-likeness (QED) is 0.676. The molecule has 12 heavy (non-hydrogen) atoms. The highest BCUT2D eigenvalue weighted by Crippen LogP contribution is 2.19. The number of rotatable bonds is 1. The molecule has 0 aromatic carbocycles. The molecule has 3 nitrogen and oxygen atoms in total. The first-order valence-corrected chi connectivity index (χ1v) is 4.33. The van der Waals surface area contributed by atoms with Gasteiger partial charge in [0.05, 0.1) is 0 Å². The summed E-state index contributed by atoms with van der Waals surface area (Å²) in [6.07, 6.45) is 0. The van der Waals surface area contributed by atoms with Crippen LogP contribution in [0.25, 0.3) is 0 Å². The fraction of sp³-hybridized carbons (Fsp3) is 0.750. The van der Waals surface area contributed by atoms with Gasteiger partial charge in [-0.2, -0.15) is 0 Å². The van der Waals surface area contributed by atoms with E-state index in [1.807, 2.05) is 11.5 Å². The zero-order chi connectivity index (χ0) is 9.35. The maximum atomic E-state index is 5.84. The molecule has 0 bridgehead atoms. The van der Waals surface area contributed by atoms with E-state index in [4.69, 9.17) is 11.6 Å². The smallest absolute Gasteiger partial charge is 0.225 e. The monoisotopic (exact) mass is 187 g/mol. The van der Waals surface area contributed by atoms with Crippen LogP contribution in [0.2, 0.25) is 5.28 Å². The van der Waals surface area contributed by atoms with E-state index in [0.717, 1.165) is 12.4 Å². The van der Waals surface area contributed by atoms with E-state index >= 15 is 0 Å². The van der Waals surface area contributed by atoms with Crippen LogP contribution >= 0.6 is 11.6 Å². The Labute approximate surface area is 77.8 Å². The van der Waals surface area contributed by atoms with Gasteiger partial charge in [0.2, 0.25) is 5.28 Å². The fourth-order valence-corrected chi connectivity index (χ4v) is 1.23. The maximum Gasteiger partial charge on any atom is 0.225 e. The summed E-state index contributed by atoms with van der Waals surface area (Å²) in [4.78, 5) is 0. The minimum atomic E-state index is 0.205. The first-order valence-electron chi connectivity index (χ1n) is 3.95. The third kappa shape index (κ3) is 2.21. The Kier molecular flexibility index (Phi) is 2.42. The van der Waals surface area contributed by atoms with Crippen LogP contribution in [0.3, 0.4) is 0 Å². The van der Waals surface area contributed by atoms with Gasteiger partial charge < -0.3 is 4.57 Å². The molecule has 68 valence electrons. The second kappa shape index (κ2) is 3.05. The minimum Gasteiger partial charge on any atom is -0.301 e. The maximum absolute atomic E-state index is 5.84. The molecular weight excluding hydrogens is 174 g/mol. The predicted octanol–water partition coefficient (Wildman–Crippen LogP) is 2.29. The summed E-state index contributed by atoms with van der Waals surface area (Å²) in [5.41, 5.74) is 0.205. The Bertz CT molecular complexity index is 253. The van der Waals surface area contributed by atoms with Gasteiger partial charge >= 0.3 is 0 Å². The molecule has 0 N–H and O–H groups in total. The van der Waals surface area contributed by atoms with Crippen LogP contribution in [0.5, 0.6) is 0 Å². The summed E-state index contributed by atoms with van der Waals surface area (Å²) in [7, 11) is 0. The van der Waals surface area contributed by atoms with Gasteiger partial charge in [0.15, 0.2) is 0 Å². The molecule has 0 unspecified atom stereocenters. The number of aryl methyl sites for hydroxylation is 1. The number of halogens is 1. The van der Waals surface area contributed by atoms with Crippen molar-refractivity contribution in [1.29, 1.82) is 0 Å². The molecule has 1 heterocycles. The van der Waals surface area contributed by atoms with E-state index in [-0.39, 0.29) is 5.41 Å². The van der Waals surface area contributed by atoms with Gasteiger partial charge in [-0.05, 0) is 23.9 Å². The standard InChI is InChI=1S/C8H14ClN3/c1-6-10-11-7(9)12(6)5-8(2,3)4/h5H2,1-4H3. The van der Waals surface area contributed by atoms with Gasteiger partial charge in [-0.25, -0.2) is 0 Å². The molecule has 1 aromatic heterocycles. The van der Waals surface area contributed by atoms with Crippen molar-refractivity contribution in [2.45, 2.75) is 34.2 Å². The Morgan fingerprint density at radius 3 is 2.25 bits per heavy atom. The van der Waals surface area contributed by atoms with Crippen LogP contribution in [-0.2, 0) is 6.54 Å². The fourth-order valence-electron chi connectivity index (χ4n) is 1.01. The van der Waals surface area contributed by atoms with E-state index in [0.29, 0.717) is 5.28 Å². The molecule has 0 aliphatic rings. The lowest BCUT2D eigenvalue weighted by Crippen LogP contribution is -2.16. The van der Waals surface area contributed by atoms with Gasteiger partial charge in [0.25, 0.3) is 0 Å². The van der Waals surface area contributed by atoms with Crippen LogP contribution in [0.4, 0.5) is 0 Å². The molecule has 0 fully saturated rings. The van der Waals surface area contributed by atoms with Gasteiger partial charge in [-0.15, -0.1) is 10.2 Å². The summed E-state index contributed by atoms with van der Waals surface area (Å²) in [6, 6.07) is 0. The van der Waals surface area contributed by atoms with Crippen molar-refractivity contribution >= 4 is 11.6 Å². The molecule has 0 amide bonds. The van der Waals surface area contributed by atoms with Crippen LogP contribution in [0.1, 0.15) is 26.6 Å². The summed E-state index contributed by atoms with van der Waals surface area (Å²) in [5, 5.41) is 8.13. The normalized spacial score (nSPS) is 12.1. The van der Waals surface area contributed by atoms with Gasteiger partial charge in [0.1, 0.15) is 5.82 Å². The second-order valence-corrected chi connectivity index (χ2v) is 4.50. The van der Waals surface area contributed by atoms with Crippen molar-refractivity contribution in [3.8, 4) is 0 Å². The lowest BCUT2D eigenvalue weighted by Gasteiger charge is -2.19. The molecule has 0 spiro atoms. The highest BCUT2D eigenvalue weighted by Gasteiger charge is 2.15. The van der Waals surface area contributed by atoms with E-state index in [9.17, 15) is 0 Å². The predicted molar refractivity (Wildman–Crippen MR) is 49.2 cm³/mol. The molecule has 0 aliphatic heterocycles. The second-order valence-electron chi connectivity index (χ2n) is 4.16. The van der Waals surface area contributed by atoms with E-state index in [1.165, 1.54) is 0 Å². The van der Waals surface area contributed by atoms with E-state index in [1.54, 1.807) is 0 Å². The van der Waals surface area contributed by atoms with Crippen molar-refractivity contribution in [3.63, 3.8) is 0 Å². The van der Waals surface area contributed by atoms with Gasteiger partial charge in [-0.3, -0.25) is 0 Å². The average molecular weight is 188 g/mol. The molecule has 1 aromatic rings. The van der Waals surface area contributed by atoms with Crippen LogP contribution < -0.4 is 0 Å². The largest absolute Gasteiger partial charge is 0.301 e. The molecule has 0 radical (unpaired) electrons. The minimum absolute atomic E-state index is 0.205. The number of nitrogens with zero attached hydrogens (tertiary/aromatic N) is 3. The molecular formula is C8H14ClN3. The lowest BCUT2D eigenvalue weighted by molar-refractivity contribution is 0.340. The van der Waals surface area contributed by atoms with Crippen molar-refractivity contribution < 1.29 is 0 Å². The Hall–Kier alpha value is -0.570. The molecule has 0 aliphatic carbocycles. The zero-order valence-electron chi connectivity index (χ0n) is 7.93. The van der Waals surface area contributed by atoms with Crippen molar-refractivity contribution in [2.75, 3.05) is 0 Å². The zero-order valence-corrected chi connectivity index (χ0v) is 8.68. The summed E-state index contributed by atoms with van der Waals surface area (Å²) >= 11 is 5.84. The molecule has 1 rings (SSSR count). The number of hydrogen-bond donors (Lipinski definition) is 0. The molecule has 0 saturated heterocycles. The van der Waals surface area contributed by atoms with E-state index < -0.39 is 0 Å². The summed E-state index contributed by atoms with van der Waals surface area (Å²) < 4.78 is 1.92. The average Bonchev–Trinajstić information content (AvgIpc) is 2.16. The van der Waals surface area contributed by atoms with Crippen molar-refractivity contribution in [3.05, 3.63) is 11.1 Å². The van der Waals surface area contributed by atoms with Crippen molar-refractivity contribution in [2.24, 2.45) is 5.41 Å². The molecule has 0 atom stereocenters. The summed E-state index contributed by atoms with van der Waals surface area (Å²) in [5.74, 6) is 0.870. The Morgan fingerprint density at radius 1 is 1.33 bits per heavy atom. The third-order valence-electron chi connectivity index (χ3n) is 1.52. The number of hydrogen-bond acceptors (Lipinski definition) is 2. The number of aromatic nitrogens is 3. The van der Waals surface area contributed by atoms with Crippen LogP contribution in [0.15, 0.2) is 0 Å². The Morgan fingerprint density at radius 2 is 1.92 bits per heavy atom. The summed E-state index contributed by atoms with van der Waals surface area (Å²) in [6.45, 7) is 9.23. The van der Waals surface area contributed by atoms with Crippen LogP contribution in [-0.4, -0.2) is 14.8 Å². The van der Waals surface area contributed by atoms with E-state index in [2.05, 4.69) is 31.0 Å². The van der Waals surface area contributed by atoms with Crippen molar-refractivity contribution in [1.82, 2.24) is 14.8 Å². The van der Waals surface area contributed by atoms with Crippen LogP contribution in [0, 0.1) is 12.3 Å². The highest BCUT2D eigenvalue weighted by atomic mass is 35.5. The molecule has 0 saturated carbocycles. The first kappa shape index (κ1) is 9.52. The topological polar surface area (TPSA) is 30.7 Å².